The Hall–Kier alpha value is -4.79. The SMILES string of the molecule is CCNc1nc(Nc2cccc([S-](=N)=O)c2)ncc1-c1ccc(NC(=O)Nc2cc(C(F)(F)F)ccc2F)c(F)c1. The van der Waals surface area contributed by atoms with Gasteiger partial charge in [0, 0.05) is 24.0 Å². The van der Waals surface area contributed by atoms with E-state index in [-0.39, 0.29) is 16.5 Å². The fraction of sp³-hybridized carbons (Fsp3) is 0.115. The zero-order chi connectivity index (χ0) is 29.7. The molecular weight excluding hydrogens is 569 g/mol. The van der Waals surface area contributed by atoms with Gasteiger partial charge in [-0.05, 0) is 48.9 Å². The minimum Gasteiger partial charge on any atom is -0.440 e. The highest BCUT2D eigenvalue weighted by molar-refractivity contribution is 7.73. The number of benzene rings is 3. The molecule has 0 spiro atoms. The minimum absolute atomic E-state index is 0.176. The molecule has 0 radical (unpaired) electrons. The van der Waals surface area contributed by atoms with E-state index in [2.05, 4.69) is 25.9 Å². The second-order valence-electron chi connectivity index (χ2n) is 8.37. The number of hydrogen-bond acceptors (Lipinski definition) is 8. The van der Waals surface area contributed by atoms with Crippen molar-refractivity contribution in [1.29, 1.82) is 4.78 Å². The Bertz CT molecular complexity index is 1670. The molecule has 3 aromatic carbocycles. The van der Waals surface area contributed by atoms with E-state index in [0.29, 0.717) is 47.4 Å². The molecule has 1 heterocycles. The van der Waals surface area contributed by atoms with Gasteiger partial charge in [0.15, 0.2) is 0 Å². The van der Waals surface area contributed by atoms with Gasteiger partial charge in [-0.1, -0.05) is 29.2 Å². The highest BCUT2D eigenvalue weighted by atomic mass is 32.2. The van der Waals surface area contributed by atoms with Crippen LogP contribution < -0.4 is 21.3 Å². The largest absolute Gasteiger partial charge is 0.440 e. The first-order valence-corrected chi connectivity index (χ1v) is 12.9. The van der Waals surface area contributed by atoms with E-state index in [1.807, 2.05) is 12.2 Å². The van der Waals surface area contributed by atoms with E-state index in [1.54, 1.807) is 18.2 Å². The van der Waals surface area contributed by atoms with Gasteiger partial charge >= 0.3 is 12.2 Å². The van der Waals surface area contributed by atoms with Crippen LogP contribution >= 0.6 is 0 Å². The van der Waals surface area contributed by atoms with Gasteiger partial charge in [0.05, 0.1) is 16.9 Å². The van der Waals surface area contributed by atoms with Crippen molar-refractivity contribution in [2.45, 2.75) is 18.0 Å². The summed E-state index contributed by atoms with van der Waals surface area (Å²) < 4.78 is 86.4. The van der Waals surface area contributed by atoms with Gasteiger partial charge < -0.3 is 30.3 Å². The first-order chi connectivity index (χ1) is 19.4. The maximum Gasteiger partial charge on any atom is 0.416 e. The normalized spacial score (nSPS) is 11.3. The van der Waals surface area contributed by atoms with Crippen molar-refractivity contribution in [3.8, 4) is 11.1 Å². The summed E-state index contributed by atoms with van der Waals surface area (Å²) in [5, 5.41) is 10.1. The Morgan fingerprint density at radius 2 is 1.73 bits per heavy atom. The number of amides is 2. The second kappa shape index (κ2) is 12.2. The van der Waals surface area contributed by atoms with Crippen molar-refractivity contribution in [2.75, 3.05) is 27.8 Å². The van der Waals surface area contributed by atoms with E-state index in [4.69, 9.17) is 4.78 Å². The Morgan fingerprint density at radius 3 is 2.41 bits per heavy atom. The van der Waals surface area contributed by atoms with E-state index in [9.17, 15) is 31.0 Å². The van der Waals surface area contributed by atoms with Crippen molar-refractivity contribution >= 4 is 45.5 Å². The number of rotatable bonds is 8. The molecule has 41 heavy (non-hydrogen) atoms. The third-order valence-corrected chi connectivity index (χ3v) is 6.19. The molecular formula is C26H21F5N7O2S-. The average Bonchev–Trinajstić information content (AvgIpc) is 2.91. The van der Waals surface area contributed by atoms with Crippen LogP contribution in [-0.2, 0) is 21.0 Å². The van der Waals surface area contributed by atoms with Crippen LogP contribution in [0.2, 0.25) is 0 Å². The minimum atomic E-state index is -4.75. The number of aromatic nitrogens is 2. The number of hydrogen-bond donors (Lipinski definition) is 5. The summed E-state index contributed by atoms with van der Waals surface area (Å²) in [6, 6.07) is 10.5. The van der Waals surface area contributed by atoms with Crippen LogP contribution in [0, 0.1) is 16.4 Å². The average molecular weight is 591 g/mol. The smallest absolute Gasteiger partial charge is 0.416 e. The predicted molar refractivity (Wildman–Crippen MR) is 144 cm³/mol. The van der Waals surface area contributed by atoms with Crippen LogP contribution in [0.3, 0.4) is 0 Å². The number of halogens is 5. The first kappa shape index (κ1) is 29.2. The van der Waals surface area contributed by atoms with Crippen LogP contribution in [-0.4, -0.2) is 22.5 Å². The molecule has 4 rings (SSSR count). The molecule has 0 fully saturated rings. The van der Waals surface area contributed by atoms with E-state index in [1.165, 1.54) is 24.4 Å². The molecule has 5 N–H and O–H groups in total. The molecule has 0 bridgehead atoms. The Labute approximate surface area is 232 Å². The van der Waals surface area contributed by atoms with Crippen molar-refractivity contribution in [3.05, 3.63) is 84.1 Å². The quantitative estimate of drug-likeness (QED) is 0.108. The fourth-order valence-electron chi connectivity index (χ4n) is 3.63. The summed E-state index contributed by atoms with van der Waals surface area (Å²) in [6.45, 7) is 2.29. The number of nitrogens with zero attached hydrogens (tertiary/aromatic N) is 2. The van der Waals surface area contributed by atoms with Crippen LogP contribution in [0.15, 0.2) is 71.8 Å². The number of nitrogens with one attached hydrogen (secondary N) is 5. The molecule has 0 aliphatic heterocycles. The first-order valence-electron chi connectivity index (χ1n) is 11.8. The third-order valence-electron chi connectivity index (χ3n) is 5.51. The lowest BCUT2D eigenvalue weighted by molar-refractivity contribution is -0.137. The molecule has 15 heteroatoms. The fourth-order valence-corrected chi connectivity index (χ4v) is 4.07. The number of carbonyl (C=O) groups is 1. The standard InChI is InChI=1S/C26H21F5N7O2S/c1-2-33-23-18(13-34-24(38-23)35-16-4-3-5-17(12-16)41(32)40)14-6-9-21(20(28)10-14)36-25(39)37-22-11-15(26(29,30)31)7-8-19(22)27/h3-13,32H,2H2,1H3,(H2,36,37,39)(H2,33,34,35,38)/q-1. The van der Waals surface area contributed by atoms with Crippen molar-refractivity contribution in [2.24, 2.45) is 0 Å². The second-order valence-corrected chi connectivity index (χ2v) is 9.38. The maximum atomic E-state index is 14.9. The number of carbonyl (C=O) groups excluding carboxylic acids is 1. The summed E-state index contributed by atoms with van der Waals surface area (Å²) in [6.07, 6.45) is -3.31. The van der Waals surface area contributed by atoms with E-state index < -0.39 is 45.7 Å². The molecule has 0 saturated heterocycles. The molecule has 0 atom stereocenters. The van der Waals surface area contributed by atoms with Crippen molar-refractivity contribution < 1.29 is 31.0 Å². The van der Waals surface area contributed by atoms with Crippen LogP contribution in [0.1, 0.15) is 12.5 Å². The molecule has 9 nitrogen and oxygen atoms in total. The molecule has 214 valence electrons. The van der Waals surface area contributed by atoms with Gasteiger partial charge in [0.25, 0.3) is 0 Å². The topological polar surface area (TPSA) is 132 Å². The number of alkyl halides is 3. The molecule has 0 unspecified atom stereocenters. The predicted octanol–water partition coefficient (Wildman–Crippen LogP) is 7.35. The lowest BCUT2D eigenvalue weighted by Gasteiger charge is -2.14. The lowest BCUT2D eigenvalue weighted by Crippen LogP contribution is -2.21. The highest BCUT2D eigenvalue weighted by Crippen LogP contribution is 2.33. The van der Waals surface area contributed by atoms with E-state index in [0.717, 1.165) is 6.07 Å². The van der Waals surface area contributed by atoms with Crippen LogP contribution in [0.25, 0.3) is 11.1 Å². The number of urea groups is 1. The molecule has 0 saturated carbocycles. The van der Waals surface area contributed by atoms with Crippen LogP contribution in [0.4, 0.5) is 55.6 Å². The zero-order valence-corrected chi connectivity index (χ0v) is 21.9. The van der Waals surface area contributed by atoms with E-state index >= 15 is 0 Å². The maximum absolute atomic E-state index is 14.9. The van der Waals surface area contributed by atoms with Gasteiger partial charge in [0.2, 0.25) is 5.95 Å². The van der Waals surface area contributed by atoms with Gasteiger partial charge in [-0.25, -0.2) is 18.6 Å². The Balaban J connectivity index is 1.53. The Kier molecular flexibility index (Phi) is 8.66. The summed E-state index contributed by atoms with van der Waals surface area (Å²) in [7, 11) is -1.92. The third kappa shape index (κ3) is 7.25. The summed E-state index contributed by atoms with van der Waals surface area (Å²) in [5.74, 6) is -1.46. The highest BCUT2D eigenvalue weighted by Gasteiger charge is 2.31. The van der Waals surface area contributed by atoms with Crippen molar-refractivity contribution in [3.63, 3.8) is 0 Å². The van der Waals surface area contributed by atoms with Gasteiger partial charge in [-0.3, -0.25) is 0 Å². The monoisotopic (exact) mass is 590 g/mol. The Morgan fingerprint density at radius 1 is 0.976 bits per heavy atom. The molecule has 0 aliphatic carbocycles. The van der Waals surface area contributed by atoms with Crippen LogP contribution in [0.5, 0.6) is 0 Å². The summed E-state index contributed by atoms with van der Waals surface area (Å²) >= 11 is 0. The molecule has 0 aliphatic rings. The molecule has 2 amide bonds. The summed E-state index contributed by atoms with van der Waals surface area (Å²) in [4.78, 5) is 21.2. The zero-order valence-electron chi connectivity index (χ0n) is 21.1. The molecule has 1 aromatic heterocycles. The van der Waals surface area contributed by atoms with Gasteiger partial charge in [-0.15, -0.1) is 0 Å². The van der Waals surface area contributed by atoms with Gasteiger partial charge in [-0.2, -0.15) is 28.8 Å². The molecule has 4 aromatic rings. The number of anilines is 5. The lowest BCUT2D eigenvalue weighted by atomic mass is 10.1. The summed E-state index contributed by atoms with van der Waals surface area (Å²) in [5.41, 5.74) is -0.943. The van der Waals surface area contributed by atoms with Gasteiger partial charge in [0.1, 0.15) is 17.5 Å². The van der Waals surface area contributed by atoms with Crippen molar-refractivity contribution in [1.82, 2.24) is 9.97 Å².